The van der Waals surface area contributed by atoms with Crippen LogP contribution in [0.1, 0.15) is 39.2 Å². The molecular formula is C20H27BF3NO4. The number of hydrogen-bond acceptors (Lipinski definition) is 4. The van der Waals surface area contributed by atoms with Crippen molar-refractivity contribution in [1.29, 1.82) is 0 Å². The van der Waals surface area contributed by atoms with E-state index >= 15 is 0 Å². The Bertz CT molecular complexity index is 745. The number of hydrogen-bond donors (Lipinski definition) is 2. The third-order valence-electron chi connectivity index (χ3n) is 6.88. The van der Waals surface area contributed by atoms with E-state index < -0.39 is 12.1 Å². The van der Waals surface area contributed by atoms with Gasteiger partial charge in [-0.3, -0.25) is 0 Å². The van der Waals surface area contributed by atoms with Crippen molar-refractivity contribution < 1.29 is 32.4 Å². The van der Waals surface area contributed by atoms with Gasteiger partial charge < -0.3 is 20.1 Å². The summed E-state index contributed by atoms with van der Waals surface area (Å²) < 4.78 is 44.4. The number of carboxylic acids is 1. The summed E-state index contributed by atoms with van der Waals surface area (Å²) in [6.07, 6.45) is -1.67. The molecule has 1 aliphatic heterocycles. The van der Waals surface area contributed by atoms with Crippen LogP contribution in [-0.2, 0) is 20.5 Å². The molecular weight excluding hydrogens is 386 g/mol. The monoisotopic (exact) mass is 413 g/mol. The fourth-order valence-corrected chi connectivity index (χ4v) is 5.06. The zero-order valence-corrected chi connectivity index (χ0v) is 16.8. The minimum Gasteiger partial charge on any atom is -0.475 e. The number of halogens is 3. The maximum Gasteiger partial charge on any atom is 0.490 e. The molecule has 1 aromatic rings. The number of carbonyl (C=O) groups is 1. The Morgan fingerprint density at radius 3 is 2.38 bits per heavy atom. The molecule has 0 aromatic heterocycles. The largest absolute Gasteiger partial charge is 0.490 e. The molecule has 4 aliphatic rings. The molecule has 0 spiro atoms. The number of aliphatic carboxylic acids is 1. The van der Waals surface area contributed by atoms with Gasteiger partial charge in [0, 0.05) is 5.94 Å². The lowest BCUT2D eigenvalue weighted by Crippen LogP contribution is -2.65. The van der Waals surface area contributed by atoms with Crippen LogP contribution in [0.4, 0.5) is 13.2 Å². The standard InChI is InChI=1S/C18H26BNO2.C2HF3O2/c1-17(2)13-10-14(17)18(3)15(11-13)21-19(22-18)16(20)9-12-7-5-4-6-8-12;3-2(4,5)1(6)7/h4-8,13-16H,9-11,20H2,1-3H3;(H,6,7)/t13-,14-,15+,16-,18-;/m0./s1. The van der Waals surface area contributed by atoms with Gasteiger partial charge in [0.2, 0.25) is 0 Å². The predicted molar refractivity (Wildman–Crippen MR) is 102 cm³/mol. The molecule has 3 N–H and O–H groups in total. The van der Waals surface area contributed by atoms with Crippen molar-refractivity contribution in [3.63, 3.8) is 0 Å². The van der Waals surface area contributed by atoms with E-state index in [0.29, 0.717) is 11.3 Å². The SMILES string of the molecule is CC1(C)[C@@H]2C[C@H]3OB([C@@H](N)Cc4ccccc4)O[C@@]3(C)[C@H]1C2.O=C(O)C(F)(F)F. The maximum absolute atomic E-state index is 10.6. The first-order chi connectivity index (χ1) is 13.4. The van der Waals surface area contributed by atoms with Crippen molar-refractivity contribution in [2.75, 3.05) is 0 Å². The molecule has 9 heteroatoms. The summed E-state index contributed by atoms with van der Waals surface area (Å²) in [5.74, 6) is -1.49. The van der Waals surface area contributed by atoms with Crippen molar-refractivity contribution in [2.45, 2.75) is 63.9 Å². The van der Waals surface area contributed by atoms with Gasteiger partial charge >= 0.3 is 19.3 Å². The zero-order valence-electron chi connectivity index (χ0n) is 16.8. The van der Waals surface area contributed by atoms with Gasteiger partial charge in [-0.25, -0.2) is 4.79 Å². The van der Waals surface area contributed by atoms with E-state index in [1.807, 2.05) is 6.07 Å². The molecule has 2 bridgehead atoms. The van der Waals surface area contributed by atoms with Crippen LogP contribution in [0, 0.1) is 17.3 Å². The Hall–Kier alpha value is -1.58. The Balaban J connectivity index is 0.000000298. The lowest BCUT2D eigenvalue weighted by Gasteiger charge is -2.64. The van der Waals surface area contributed by atoms with Crippen LogP contribution in [0.2, 0.25) is 0 Å². The first kappa shape index (κ1) is 22.1. The topological polar surface area (TPSA) is 81.8 Å². The van der Waals surface area contributed by atoms with E-state index in [-0.39, 0.29) is 24.8 Å². The van der Waals surface area contributed by atoms with Crippen molar-refractivity contribution in [2.24, 2.45) is 23.0 Å². The van der Waals surface area contributed by atoms with Gasteiger partial charge in [-0.15, -0.1) is 0 Å². The Labute approximate surface area is 168 Å². The van der Waals surface area contributed by atoms with Crippen LogP contribution in [-0.4, -0.2) is 42.0 Å². The van der Waals surface area contributed by atoms with Crippen LogP contribution < -0.4 is 5.73 Å². The lowest BCUT2D eigenvalue weighted by molar-refractivity contribution is -0.199. The molecule has 0 amide bonds. The van der Waals surface area contributed by atoms with Crippen LogP contribution in [0.15, 0.2) is 30.3 Å². The summed E-state index contributed by atoms with van der Waals surface area (Å²) in [5, 5.41) is 7.12. The highest BCUT2D eigenvalue weighted by atomic mass is 19.4. The Kier molecular flexibility index (Phi) is 5.79. The van der Waals surface area contributed by atoms with Gasteiger partial charge in [-0.1, -0.05) is 44.2 Å². The summed E-state index contributed by atoms with van der Waals surface area (Å²) in [6, 6.07) is 10.4. The van der Waals surface area contributed by atoms with Crippen LogP contribution >= 0.6 is 0 Å². The summed E-state index contributed by atoms with van der Waals surface area (Å²) in [5.41, 5.74) is 7.87. The molecule has 3 saturated carbocycles. The molecule has 5 atom stereocenters. The minimum atomic E-state index is -5.08. The summed E-state index contributed by atoms with van der Waals surface area (Å²) in [7, 11) is -0.273. The van der Waals surface area contributed by atoms with Crippen molar-refractivity contribution in [1.82, 2.24) is 0 Å². The summed E-state index contributed by atoms with van der Waals surface area (Å²) >= 11 is 0. The molecule has 4 fully saturated rings. The zero-order chi connectivity index (χ0) is 21.6. The van der Waals surface area contributed by atoms with E-state index in [2.05, 4.69) is 45.0 Å². The maximum atomic E-state index is 10.6. The molecule has 0 radical (unpaired) electrons. The van der Waals surface area contributed by atoms with Gasteiger partial charge in [0.15, 0.2) is 0 Å². The molecule has 1 saturated heterocycles. The van der Waals surface area contributed by atoms with Gasteiger partial charge in [-0.2, -0.15) is 13.2 Å². The van der Waals surface area contributed by atoms with Gasteiger partial charge in [0.25, 0.3) is 0 Å². The molecule has 3 aliphatic carbocycles. The fourth-order valence-electron chi connectivity index (χ4n) is 5.06. The molecule has 1 heterocycles. The van der Waals surface area contributed by atoms with Crippen molar-refractivity contribution >= 4 is 13.1 Å². The predicted octanol–water partition coefficient (Wildman–Crippen LogP) is 3.46. The molecule has 0 unspecified atom stereocenters. The minimum absolute atomic E-state index is 0.106. The van der Waals surface area contributed by atoms with Crippen LogP contribution in [0.3, 0.4) is 0 Å². The molecule has 29 heavy (non-hydrogen) atoms. The van der Waals surface area contributed by atoms with Crippen molar-refractivity contribution in [3.8, 4) is 0 Å². The van der Waals surface area contributed by atoms with E-state index in [1.165, 1.54) is 12.0 Å². The van der Waals surface area contributed by atoms with E-state index in [1.54, 1.807) is 0 Å². The molecule has 1 aromatic carbocycles. The molecule has 5 rings (SSSR count). The van der Waals surface area contributed by atoms with Gasteiger partial charge in [0.05, 0.1) is 11.7 Å². The third-order valence-corrected chi connectivity index (χ3v) is 6.88. The fraction of sp³-hybridized carbons (Fsp3) is 0.650. The molecule has 160 valence electrons. The number of rotatable bonds is 3. The smallest absolute Gasteiger partial charge is 0.475 e. The quantitative estimate of drug-likeness (QED) is 0.742. The number of carboxylic acid groups (broad SMARTS) is 1. The highest BCUT2D eigenvalue weighted by Gasteiger charge is 2.68. The Morgan fingerprint density at radius 1 is 1.28 bits per heavy atom. The van der Waals surface area contributed by atoms with Crippen LogP contribution in [0.25, 0.3) is 0 Å². The second kappa shape index (κ2) is 7.59. The number of benzene rings is 1. The summed E-state index contributed by atoms with van der Waals surface area (Å²) in [4.78, 5) is 8.90. The van der Waals surface area contributed by atoms with E-state index in [9.17, 15) is 13.2 Å². The average molecular weight is 413 g/mol. The van der Waals surface area contributed by atoms with Crippen LogP contribution in [0.5, 0.6) is 0 Å². The van der Waals surface area contributed by atoms with Gasteiger partial charge in [-0.05, 0) is 49.0 Å². The number of nitrogens with two attached hydrogens (primary N) is 1. The highest BCUT2D eigenvalue weighted by Crippen LogP contribution is 2.65. The lowest BCUT2D eigenvalue weighted by atomic mass is 9.43. The third kappa shape index (κ3) is 4.18. The van der Waals surface area contributed by atoms with E-state index in [0.717, 1.165) is 18.8 Å². The summed E-state index contributed by atoms with van der Waals surface area (Å²) in [6.45, 7) is 7.01. The number of alkyl halides is 3. The normalized spacial score (nSPS) is 33.1. The first-order valence-corrected chi connectivity index (χ1v) is 9.78. The average Bonchev–Trinajstić information content (AvgIpc) is 2.99. The first-order valence-electron chi connectivity index (χ1n) is 9.78. The second-order valence-corrected chi connectivity index (χ2v) is 8.99. The molecule has 5 nitrogen and oxygen atoms in total. The van der Waals surface area contributed by atoms with Gasteiger partial charge in [0.1, 0.15) is 0 Å². The highest BCUT2D eigenvalue weighted by molar-refractivity contribution is 6.47. The second-order valence-electron chi connectivity index (χ2n) is 8.99. The Morgan fingerprint density at radius 2 is 1.86 bits per heavy atom. The van der Waals surface area contributed by atoms with Crippen molar-refractivity contribution in [3.05, 3.63) is 35.9 Å². The van der Waals surface area contributed by atoms with E-state index in [4.69, 9.17) is 24.9 Å².